The molecule has 0 radical (unpaired) electrons. The van der Waals surface area contributed by atoms with E-state index in [9.17, 15) is 14.4 Å². The minimum absolute atomic E-state index is 0.203. The number of hydrogen-bond acceptors (Lipinski definition) is 4. The van der Waals surface area contributed by atoms with Gasteiger partial charge in [-0.15, -0.1) is 0 Å². The molecule has 0 aromatic carbocycles. The number of carboxylic acids is 2. The minimum atomic E-state index is -0.995. The second-order valence-electron chi connectivity index (χ2n) is 6.17. The molecule has 0 bridgehead atoms. The molecule has 0 fully saturated rings. The predicted octanol–water partition coefficient (Wildman–Crippen LogP) is 1.28. The molecule has 1 atom stereocenters. The normalized spacial score (nSPS) is 13.0. The lowest BCUT2D eigenvalue weighted by Gasteiger charge is -2.28. The molecule has 0 saturated carbocycles. The molecule has 0 amide bonds. The molecule has 0 spiro atoms. The summed E-state index contributed by atoms with van der Waals surface area (Å²) in [5, 5.41) is 17.3. The highest BCUT2D eigenvalue weighted by Crippen LogP contribution is 2.09. The predicted molar refractivity (Wildman–Crippen MR) is 80.3 cm³/mol. The van der Waals surface area contributed by atoms with Crippen LogP contribution in [0.15, 0.2) is 12.2 Å². The number of likely N-dealkylation sites (N-methyl/N-ethyl adjacent to an activating group) is 1. The van der Waals surface area contributed by atoms with Crippen molar-refractivity contribution in [2.75, 3.05) is 27.7 Å². The van der Waals surface area contributed by atoms with Crippen molar-refractivity contribution >= 4 is 17.9 Å². The Morgan fingerprint density at radius 2 is 1.77 bits per heavy atom. The fraction of sp³-hybridized carbons (Fsp3) is 0.667. The van der Waals surface area contributed by atoms with E-state index in [1.807, 2.05) is 21.1 Å². The highest BCUT2D eigenvalue weighted by molar-refractivity contribution is 5.79. The minimum Gasteiger partial charge on any atom is -0.481 e. The van der Waals surface area contributed by atoms with Crippen LogP contribution in [0, 0.1) is 0 Å². The number of unbranched alkanes of at least 4 members (excludes halogenated alkanes) is 2. The average Bonchev–Trinajstić information content (AvgIpc) is 2.29. The van der Waals surface area contributed by atoms with Crippen molar-refractivity contribution < 1.29 is 33.8 Å². The summed E-state index contributed by atoms with van der Waals surface area (Å²) < 4.78 is 5.74. The maximum atomic E-state index is 11.7. The molecule has 0 aromatic rings. The molecule has 0 aliphatic heterocycles. The van der Waals surface area contributed by atoms with Crippen LogP contribution < -0.4 is 0 Å². The second kappa shape index (κ2) is 9.94. The monoisotopic (exact) mass is 316 g/mol. The van der Waals surface area contributed by atoms with Gasteiger partial charge in [-0.2, -0.15) is 0 Å². The molecular formula is C15H26NO6+. The standard InChI is InChI=1S/C15H25NO6/c1-16(2,3)11-12(10-14(19)20)22-15(21)9-7-5-4-6-8-13(17)18/h6,8,12H,4-5,7,9-11H2,1-3H3,(H-,17,18,19,20)/p+1/b8-6+. The van der Waals surface area contributed by atoms with E-state index in [4.69, 9.17) is 14.9 Å². The smallest absolute Gasteiger partial charge is 0.327 e. The first-order valence-electron chi connectivity index (χ1n) is 7.21. The SMILES string of the molecule is C[N+](C)(C)CC(CC(=O)O)OC(=O)CCCC/C=C/C(=O)O. The van der Waals surface area contributed by atoms with Gasteiger partial charge in [0.15, 0.2) is 6.10 Å². The zero-order valence-corrected chi connectivity index (χ0v) is 13.4. The van der Waals surface area contributed by atoms with Gasteiger partial charge in [0.1, 0.15) is 6.54 Å². The molecule has 0 saturated heterocycles. The molecule has 0 aliphatic carbocycles. The summed E-state index contributed by atoms with van der Waals surface area (Å²) in [5.74, 6) is -2.40. The number of nitrogens with zero attached hydrogens (tertiary/aromatic N) is 1. The third kappa shape index (κ3) is 13.1. The number of carbonyl (C=O) groups excluding carboxylic acids is 1. The molecule has 0 heterocycles. The van der Waals surface area contributed by atoms with Gasteiger partial charge in [-0.25, -0.2) is 4.79 Å². The summed E-state index contributed by atoms with van der Waals surface area (Å²) in [4.78, 5) is 32.8. The zero-order chi connectivity index (χ0) is 17.2. The van der Waals surface area contributed by atoms with Gasteiger partial charge in [0.05, 0.1) is 27.6 Å². The van der Waals surface area contributed by atoms with Crippen molar-refractivity contribution in [2.45, 2.75) is 38.2 Å². The Morgan fingerprint density at radius 1 is 1.14 bits per heavy atom. The summed E-state index contributed by atoms with van der Waals surface area (Å²) in [5.41, 5.74) is 0. The summed E-state index contributed by atoms with van der Waals surface area (Å²) >= 11 is 0. The molecule has 0 aromatic heterocycles. The number of allylic oxidation sites excluding steroid dienone is 1. The lowest BCUT2D eigenvalue weighted by Crippen LogP contribution is -2.43. The van der Waals surface area contributed by atoms with Crippen LogP contribution >= 0.6 is 0 Å². The van der Waals surface area contributed by atoms with E-state index in [0.717, 1.165) is 6.08 Å². The number of carboxylic acid groups (broad SMARTS) is 2. The molecular weight excluding hydrogens is 290 g/mol. The number of esters is 1. The number of carbonyl (C=O) groups is 3. The Balaban J connectivity index is 4.12. The van der Waals surface area contributed by atoms with Crippen LogP contribution in [0.1, 0.15) is 32.1 Å². The van der Waals surface area contributed by atoms with Crippen LogP contribution in [0.4, 0.5) is 0 Å². The third-order valence-corrected chi connectivity index (χ3v) is 2.71. The summed E-state index contributed by atoms with van der Waals surface area (Å²) in [6, 6.07) is 0. The lowest BCUT2D eigenvalue weighted by atomic mass is 10.2. The van der Waals surface area contributed by atoms with E-state index in [0.29, 0.717) is 30.3 Å². The Morgan fingerprint density at radius 3 is 2.27 bits per heavy atom. The summed E-state index contributed by atoms with van der Waals surface area (Å²) in [7, 11) is 5.70. The molecule has 0 aliphatic rings. The van der Waals surface area contributed by atoms with Gasteiger partial charge < -0.3 is 19.4 Å². The summed E-state index contributed by atoms with van der Waals surface area (Å²) in [6.45, 7) is 0.430. The fourth-order valence-corrected chi connectivity index (χ4v) is 1.91. The van der Waals surface area contributed by atoms with Gasteiger partial charge in [0.2, 0.25) is 0 Å². The van der Waals surface area contributed by atoms with Gasteiger partial charge in [-0.3, -0.25) is 9.59 Å². The van der Waals surface area contributed by atoms with Crippen molar-refractivity contribution in [2.24, 2.45) is 0 Å². The van der Waals surface area contributed by atoms with Crippen molar-refractivity contribution in [3.05, 3.63) is 12.2 Å². The molecule has 7 nitrogen and oxygen atoms in total. The number of ether oxygens (including phenoxy) is 1. The highest BCUT2D eigenvalue weighted by atomic mass is 16.5. The number of aliphatic carboxylic acids is 2. The maximum Gasteiger partial charge on any atom is 0.327 e. The Labute approximate surface area is 130 Å². The Bertz CT molecular complexity index is 411. The summed E-state index contributed by atoms with van der Waals surface area (Å²) in [6.07, 6.45) is 3.80. The maximum absolute atomic E-state index is 11.7. The highest BCUT2D eigenvalue weighted by Gasteiger charge is 2.24. The van der Waals surface area contributed by atoms with Crippen LogP contribution in [0.2, 0.25) is 0 Å². The third-order valence-electron chi connectivity index (χ3n) is 2.71. The van der Waals surface area contributed by atoms with Crippen LogP contribution in [-0.2, 0) is 19.1 Å². The van der Waals surface area contributed by atoms with Crippen LogP contribution in [0.5, 0.6) is 0 Å². The van der Waals surface area contributed by atoms with Crippen molar-refractivity contribution in [1.82, 2.24) is 0 Å². The van der Waals surface area contributed by atoms with Crippen molar-refractivity contribution in [3.63, 3.8) is 0 Å². The molecule has 1 unspecified atom stereocenters. The van der Waals surface area contributed by atoms with Gasteiger partial charge in [0, 0.05) is 12.5 Å². The van der Waals surface area contributed by atoms with E-state index >= 15 is 0 Å². The van der Waals surface area contributed by atoms with Crippen LogP contribution in [-0.4, -0.2) is 66.4 Å². The Kier molecular flexibility index (Phi) is 9.09. The van der Waals surface area contributed by atoms with E-state index < -0.39 is 24.0 Å². The van der Waals surface area contributed by atoms with Crippen molar-refractivity contribution in [3.8, 4) is 0 Å². The molecule has 7 heteroatoms. The molecule has 22 heavy (non-hydrogen) atoms. The first-order valence-corrected chi connectivity index (χ1v) is 7.21. The lowest BCUT2D eigenvalue weighted by molar-refractivity contribution is -0.873. The number of hydrogen-bond donors (Lipinski definition) is 2. The largest absolute Gasteiger partial charge is 0.481 e. The van der Waals surface area contributed by atoms with E-state index in [-0.39, 0.29) is 12.8 Å². The Hall–Kier alpha value is -1.89. The van der Waals surface area contributed by atoms with E-state index in [1.54, 1.807) is 0 Å². The van der Waals surface area contributed by atoms with Crippen LogP contribution in [0.25, 0.3) is 0 Å². The topological polar surface area (TPSA) is 101 Å². The molecule has 0 rings (SSSR count). The first-order chi connectivity index (χ1) is 10.1. The number of rotatable bonds is 11. The van der Waals surface area contributed by atoms with Gasteiger partial charge >= 0.3 is 17.9 Å². The van der Waals surface area contributed by atoms with Gasteiger partial charge in [0.25, 0.3) is 0 Å². The van der Waals surface area contributed by atoms with Gasteiger partial charge in [-0.05, 0) is 19.3 Å². The zero-order valence-electron chi connectivity index (χ0n) is 13.4. The van der Waals surface area contributed by atoms with Gasteiger partial charge in [-0.1, -0.05) is 6.08 Å². The molecule has 2 N–H and O–H groups in total. The fourth-order valence-electron chi connectivity index (χ4n) is 1.91. The van der Waals surface area contributed by atoms with Crippen molar-refractivity contribution in [1.29, 1.82) is 0 Å². The molecule has 126 valence electrons. The quantitative estimate of drug-likeness (QED) is 0.258. The van der Waals surface area contributed by atoms with E-state index in [2.05, 4.69) is 0 Å². The second-order valence-corrected chi connectivity index (χ2v) is 6.17. The number of quaternary nitrogens is 1. The van der Waals surface area contributed by atoms with Crippen LogP contribution in [0.3, 0.4) is 0 Å². The first kappa shape index (κ1) is 20.1. The van der Waals surface area contributed by atoms with E-state index in [1.165, 1.54) is 6.08 Å². The average molecular weight is 316 g/mol.